The molecule has 0 aliphatic rings. The molecular formula is C14H10N2O4S3. The Labute approximate surface area is 140 Å². The van der Waals surface area contributed by atoms with E-state index in [1.807, 2.05) is 17.5 Å². The number of rotatable bonds is 5. The molecule has 3 aromatic rings. The second-order valence-corrected chi connectivity index (χ2v) is 7.94. The second kappa shape index (κ2) is 6.11. The van der Waals surface area contributed by atoms with Crippen LogP contribution in [0, 0.1) is 0 Å². The predicted molar refractivity (Wildman–Crippen MR) is 89.6 cm³/mol. The van der Waals surface area contributed by atoms with E-state index in [1.54, 1.807) is 5.38 Å². The molecule has 0 spiro atoms. The second-order valence-electron chi connectivity index (χ2n) is 4.45. The molecule has 0 aliphatic carbocycles. The summed E-state index contributed by atoms with van der Waals surface area (Å²) in [6.45, 7) is 0. The third kappa shape index (κ3) is 3.41. The van der Waals surface area contributed by atoms with Crippen LogP contribution in [0.3, 0.4) is 0 Å². The van der Waals surface area contributed by atoms with Crippen molar-refractivity contribution in [1.82, 2.24) is 4.98 Å². The molecule has 0 bridgehead atoms. The highest BCUT2D eigenvalue weighted by atomic mass is 32.2. The number of carbonyl (C=O) groups is 1. The summed E-state index contributed by atoms with van der Waals surface area (Å²) in [5, 5.41) is 12.8. The number of hydrogen-bond acceptors (Lipinski definition) is 6. The first-order chi connectivity index (χ1) is 11.0. The van der Waals surface area contributed by atoms with Crippen molar-refractivity contribution < 1.29 is 18.3 Å². The van der Waals surface area contributed by atoms with Crippen LogP contribution in [-0.2, 0) is 10.0 Å². The number of benzene rings is 1. The van der Waals surface area contributed by atoms with Gasteiger partial charge in [-0.2, -0.15) is 0 Å². The smallest absolute Gasteiger partial charge is 0.335 e. The minimum Gasteiger partial charge on any atom is -0.478 e. The number of aromatic carboxylic acids is 1. The molecule has 1 aromatic carbocycles. The van der Waals surface area contributed by atoms with E-state index in [-0.39, 0.29) is 15.6 Å². The van der Waals surface area contributed by atoms with Crippen LogP contribution in [0.4, 0.5) is 5.13 Å². The van der Waals surface area contributed by atoms with Crippen molar-refractivity contribution in [3.05, 3.63) is 52.7 Å². The van der Waals surface area contributed by atoms with E-state index in [1.165, 1.54) is 46.9 Å². The lowest BCUT2D eigenvalue weighted by Crippen LogP contribution is -2.13. The maximum Gasteiger partial charge on any atom is 0.335 e. The third-order valence-electron chi connectivity index (χ3n) is 2.91. The summed E-state index contributed by atoms with van der Waals surface area (Å²) in [4.78, 5) is 16.0. The van der Waals surface area contributed by atoms with Crippen LogP contribution in [0.1, 0.15) is 10.4 Å². The first-order valence-electron chi connectivity index (χ1n) is 6.31. The van der Waals surface area contributed by atoms with Gasteiger partial charge in [0, 0.05) is 5.38 Å². The molecular weight excluding hydrogens is 356 g/mol. The highest BCUT2D eigenvalue weighted by molar-refractivity contribution is 7.93. The maximum atomic E-state index is 12.3. The van der Waals surface area contributed by atoms with Crippen LogP contribution < -0.4 is 4.72 Å². The lowest BCUT2D eigenvalue weighted by atomic mass is 10.2. The molecule has 0 unspecified atom stereocenters. The molecule has 2 N–H and O–H groups in total. The van der Waals surface area contributed by atoms with E-state index in [9.17, 15) is 13.2 Å². The largest absolute Gasteiger partial charge is 0.478 e. The molecule has 2 aromatic heterocycles. The van der Waals surface area contributed by atoms with Gasteiger partial charge in [-0.25, -0.2) is 18.2 Å². The van der Waals surface area contributed by atoms with E-state index >= 15 is 0 Å². The molecule has 6 nitrogen and oxygen atoms in total. The molecule has 0 aliphatic heterocycles. The maximum absolute atomic E-state index is 12.3. The Balaban J connectivity index is 1.82. The Morgan fingerprint density at radius 2 is 1.87 bits per heavy atom. The number of carboxylic acids is 1. The van der Waals surface area contributed by atoms with Crippen molar-refractivity contribution >= 4 is 43.8 Å². The summed E-state index contributed by atoms with van der Waals surface area (Å²) >= 11 is 2.71. The molecule has 0 saturated carbocycles. The summed E-state index contributed by atoms with van der Waals surface area (Å²) in [6.07, 6.45) is 0. The predicted octanol–water partition coefficient (Wildman–Crippen LogP) is 3.37. The number of hydrogen-bond donors (Lipinski definition) is 2. The number of nitrogens with zero attached hydrogens (tertiary/aromatic N) is 1. The zero-order valence-electron chi connectivity index (χ0n) is 11.5. The van der Waals surface area contributed by atoms with Gasteiger partial charge < -0.3 is 5.11 Å². The number of sulfonamides is 1. The number of aromatic nitrogens is 1. The van der Waals surface area contributed by atoms with E-state index in [2.05, 4.69) is 9.71 Å². The fourth-order valence-electron chi connectivity index (χ4n) is 1.81. The molecule has 3 rings (SSSR count). The Morgan fingerprint density at radius 1 is 1.13 bits per heavy atom. The van der Waals surface area contributed by atoms with Gasteiger partial charge in [0.2, 0.25) is 0 Å². The Morgan fingerprint density at radius 3 is 2.48 bits per heavy atom. The molecule has 0 saturated heterocycles. The number of thiophene rings is 1. The zero-order chi connectivity index (χ0) is 16.4. The summed E-state index contributed by atoms with van der Waals surface area (Å²) in [5.74, 6) is -1.11. The average molecular weight is 366 g/mol. The van der Waals surface area contributed by atoms with Crippen molar-refractivity contribution in [1.29, 1.82) is 0 Å². The Kier molecular flexibility index (Phi) is 4.16. The molecule has 0 radical (unpaired) electrons. The van der Waals surface area contributed by atoms with Crippen LogP contribution in [0.2, 0.25) is 0 Å². The first kappa shape index (κ1) is 15.7. The third-order valence-corrected chi connectivity index (χ3v) is 6.05. The Hall–Kier alpha value is -2.23. The van der Waals surface area contributed by atoms with Crippen molar-refractivity contribution in [3.63, 3.8) is 0 Å². The average Bonchev–Trinajstić information content (AvgIpc) is 3.18. The molecule has 118 valence electrons. The lowest BCUT2D eigenvalue weighted by molar-refractivity contribution is 0.0696. The van der Waals surface area contributed by atoms with Crippen LogP contribution >= 0.6 is 22.7 Å². The summed E-state index contributed by atoms with van der Waals surface area (Å²) < 4.78 is 27.0. The lowest BCUT2D eigenvalue weighted by Gasteiger charge is -2.05. The number of nitrogens with one attached hydrogen (secondary N) is 1. The highest BCUT2D eigenvalue weighted by Crippen LogP contribution is 2.29. The Bertz CT molecular complexity index is 929. The highest BCUT2D eigenvalue weighted by Gasteiger charge is 2.17. The quantitative estimate of drug-likeness (QED) is 0.722. The van der Waals surface area contributed by atoms with Crippen LogP contribution in [0.5, 0.6) is 0 Å². The minimum atomic E-state index is -3.80. The van der Waals surface area contributed by atoms with Gasteiger partial charge in [0.25, 0.3) is 10.0 Å². The van der Waals surface area contributed by atoms with Crippen LogP contribution in [0.25, 0.3) is 10.6 Å². The number of carboxylic acid groups (broad SMARTS) is 1. The minimum absolute atomic E-state index is 0.0182. The van der Waals surface area contributed by atoms with Gasteiger partial charge in [-0.05, 0) is 35.7 Å². The van der Waals surface area contributed by atoms with Crippen LogP contribution in [-0.4, -0.2) is 24.5 Å². The van der Waals surface area contributed by atoms with Gasteiger partial charge in [0.05, 0.1) is 21.0 Å². The van der Waals surface area contributed by atoms with Gasteiger partial charge >= 0.3 is 5.97 Å². The number of anilines is 1. The monoisotopic (exact) mass is 366 g/mol. The molecule has 0 atom stereocenters. The molecule has 0 fully saturated rings. The fraction of sp³-hybridized carbons (Fsp3) is 0. The SMILES string of the molecule is O=C(O)c1ccc(S(=O)(=O)Nc2nc(-c3cccs3)cs2)cc1. The van der Waals surface area contributed by atoms with Gasteiger partial charge in [-0.3, -0.25) is 4.72 Å². The van der Waals surface area contributed by atoms with Crippen molar-refractivity contribution in [2.45, 2.75) is 4.90 Å². The number of thiazole rings is 1. The summed E-state index contributed by atoms with van der Waals surface area (Å²) in [6, 6.07) is 8.79. The van der Waals surface area contributed by atoms with Gasteiger partial charge in [0.15, 0.2) is 5.13 Å². The molecule has 0 amide bonds. The van der Waals surface area contributed by atoms with Gasteiger partial charge in [0.1, 0.15) is 0 Å². The molecule has 2 heterocycles. The standard InChI is InChI=1S/C14H10N2O4S3/c17-13(18)9-3-5-10(6-4-9)23(19,20)16-14-15-11(8-22-14)12-2-1-7-21-12/h1-8H,(H,15,16)(H,17,18). The fourth-order valence-corrected chi connectivity index (χ4v) is 4.53. The normalized spacial score (nSPS) is 11.3. The van der Waals surface area contributed by atoms with Crippen molar-refractivity contribution in [3.8, 4) is 10.6 Å². The molecule has 23 heavy (non-hydrogen) atoms. The summed E-state index contributed by atoms with van der Waals surface area (Å²) in [5.41, 5.74) is 0.738. The van der Waals surface area contributed by atoms with Gasteiger partial charge in [-0.1, -0.05) is 6.07 Å². The summed E-state index contributed by atoms with van der Waals surface area (Å²) in [7, 11) is -3.80. The van der Waals surface area contributed by atoms with E-state index in [0.29, 0.717) is 5.69 Å². The van der Waals surface area contributed by atoms with Crippen molar-refractivity contribution in [2.75, 3.05) is 4.72 Å². The topological polar surface area (TPSA) is 96.4 Å². The van der Waals surface area contributed by atoms with E-state index in [4.69, 9.17) is 5.11 Å². The van der Waals surface area contributed by atoms with E-state index < -0.39 is 16.0 Å². The van der Waals surface area contributed by atoms with Crippen LogP contribution in [0.15, 0.2) is 52.1 Å². The zero-order valence-corrected chi connectivity index (χ0v) is 13.9. The first-order valence-corrected chi connectivity index (χ1v) is 9.55. The molecule has 9 heteroatoms. The van der Waals surface area contributed by atoms with Gasteiger partial charge in [-0.15, -0.1) is 22.7 Å². The van der Waals surface area contributed by atoms with Crippen molar-refractivity contribution in [2.24, 2.45) is 0 Å². The van der Waals surface area contributed by atoms with E-state index in [0.717, 1.165) is 4.88 Å².